The molecule has 0 aliphatic rings. The molecule has 0 aromatic carbocycles. The molecular formula is C13H26O. The Balaban J connectivity index is 3.59. The zero-order valence-electron chi connectivity index (χ0n) is 10.3. The third kappa shape index (κ3) is 7.14. The zero-order valence-corrected chi connectivity index (χ0v) is 10.3. The fraction of sp³-hybridized carbons (Fsp3) is 0.846. The number of hydrogen-bond donors (Lipinski definition) is 0. The minimum atomic E-state index is 0.0525. The molecule has 0 spiro atoms. The van der Waals surface area contributed by atoms with Crippen molar-refractivity contribution in [2.24, 2.45) is 5.92 Å². The van der Waals surface area contributed by atoms with Crippen molar-refractivity contribution in [3.8, 4) is 0 Å². The van der Waals surface area contributed by atoms with Gasteiger partial charge in [-0.1, -0.05) is 26.3 Å². The van der Waals surface area contributed by atoms with Gasteiger partial charge in [-0.3, -0.25) is 0 Å². The highest BCUT2D eigenvalue weighted by atomic mass is 16.5. The molecule has 0 saturated carbocycles. The summed E-state index contributed by atoms with van der Waals surface area (Å²) in [5, 5.41) is 0. The second-order valence-corrected chi connectivity index (χ2v) is 4.71. The summed E-state index contributed by atoms with van der Waals surface area (Å²) in [6, 6.07) is 0. The lowest BCUT2D eigenvalue weighted by molar-refractivity contribution is -0.0248. The normalized spacial score (nSPS) is 14.0. The largest absolute Gasteiger partial charge is 0.376 e. The van der Waals surface area contributed by atoms with Gasteiger partial charge < -0.3 is 4.74 Å². The van der Waals surface area contributed by atoms with Gasteiger partial charge >= 0.3 is 0 Å². The molecule has 0 fully saturated rings. The van der Waals surface area contributed by atoms with Gasteiger partial charge in [-0.25, -0.2) is 0 Å². The van der Waals surface area contributed by atoms with E-state index in [1.165, 1.54) is 12.8 Å². The molecule has 0 radical (unpaired) electrons. The van der Waals surface area contributed by atoms with Crippen molar-refractivity contribution in [2.75, 3.05) is 6.61 Å². The minimum Gasteiger partial charge on any atom is -0.376 e. The standard InChI is InChI=1S/C13H26O/c1-6-11-14-13(4,5)10-8-9-12(3)7-2/h7,12H,2,6,8-11H2,1,3-5H3. The van der Waals surface area contributed by atoms with Crippen LogP contribution in [0, 0.1) is 5.92 Å². The van der Waals surface area contributed by atoms with Gasteiger partial charge in [0.1, 0.15) is 0 Å². The Kier molecular flexibility index (Phi) is 6.90. The van der Waals surface area contributed by atoms with Crippen molar-refractivity contribution in [3.63, 3.8) is 0 Å². The average molecular weight is 198 g/mol. The summed E-state index contributed by atoms with van der Waals surface area (Å²) in [6.45, 7) is 13.4. The summed E-state index contributed by atoms with van der Waals surface area (Å²) in [4.78, 5) is 0. The van der Waals surface area contributed by atoms with Gasteiger partial charge in [0.05, 0.1) is 5.60 Å². The van der Waals surface area contributed by atoms with E-state index in [0.717, 1.165) is 19.4 Å². The highest BCUT2D eigenvalue weighted by molar-refractivity contribution is 4.76. The lowest BCUT2D eigenvalue weighted by Gasteiger charge is -2.25. The Morgan fingerprint density at radius 2 is 2.07 bits per heavy atom. The Labute approximate surface area is 89.5 Å². The second-order valence-electron chi connectivity index (χ2n) is 4.71. The molecule has 0 aromatic rings. The number of ether oxygens (including phenoxy) is 1. The molecule has 0 aliphatic heterocycles. The van der Waals surface area contributed by atoms with E-state index >= 15 is 0 Å². The van der Waals surface area contributed by atoms with Crippen molar-refractivity contribution in [3.05, 3.63) is 12.7 Å². The molecule has 1 atom stereocenters. The molecule has 1 unspecified atom stereocenters. The predicted molar refractivity (Wildman–Crippen MR) is 63.5 cm³/mol. The van der Waals surface area contributed by atoms with Crippen molar-refractivity contribution in [1.29, 1.82) is 0 Å². The van der Waals surface area contributed by atoms with E-state index in [4.69, 9.17) is 4.74 Å². The van der Waals surface area contributed by atoms with Crippen LogP contribution in [-0.4, -0.2) is 12.2 Å². The van der Waals surface area contributed by atoms with Crippen molar-refractivity contribution < 1.29 is 4.74 Å². The molecule has 0 bridgehead atoms. The third-order valence-electron chi connectivity index (χ3n) is 2.54. The lowest BCUT2D eigenvalue weighted by atomic mass is 9.97. The fourth-order valence-corrected chi connectivity index (χ4v) is 1.42. The quantitative estimate of drug-likeness (QED) is 0.531. The maximum Gasteiger partial charge on any atom is 0.0626 e. The van der Waals surface area contributed by atoms with Gasteiger partial charge in [0.15, 0.2) is 0 Å². The van der Waals surface area contributed by atoms with Gasteiger partial charge in [-0.05, 0) is 39.0 Å². The highest BCUT2D eigenvalue weighted by Gasteiger charge is 2.17. The minimum absolute atomic E-state index is 0.0525. The van der Waals surface area contributed by atoms with Gasteiger partial charge in [-0.15, -0.1) is 6.58 Å². The summed E-state index contributed by atoms with van der Waals surface area (Å²) in [5.74, 6) is 0.636. The summed E-state index contributed by atoms with van der Waals surface area (Å²) in [7, 11) is 0. The second kappa shape index (κ2) is 7.05. The SMILES string of the molecule is C=CC(C)CCCC(C)(C)OCCC. The van der Waals surface area contributed by atoms with Crippen molar-refractivity contribution in [2.45, 2.75) is 59.0 Å². The average Bonchev–Trinajstić information content (AvgIpc) is 2.14. The molecule has 0 saturated heterocycles. The Bertz CT molecular complexity index is 149. The summed E-state index contributed by atoms with van der Waals surface area (Å²) in [5.41, 5.74) is 0.0525. The molecule has 0 N–H and O–H groups in total. The number of hydrogen-bond acceptors (Lipinski definition) is 1. The molecule has 0 aromatic heterocycles. The van der Waals surface area contributed by atoms with Crippen LogP contribution in [0.2, 0.25) is 0 Å². The highest BCUT2D eigenvalue weighted by Crippen LogP contribution is 2.20. The molecule has 0 aliphatic carbocycles. The van der Waals surface area contributed by atoms with E-state index in [2.05, 4.69) is 34.3 Å². The van der Waals surface area contributed by atoms with Crippen molar-refractivity contribution in [1.82, 2.24) is 0 Å². The monoisotopic (exact) mass is 198 g/mol. The Morgan fingerprint density at radius 1 is 1.43 bits per heavy atom. The van der Waals surface area contributed by atoms with Crippen LogP contribution >= 0.6 is 0 Å². The van der Waals surface area contributed by atoms with Crippen LogP contribution in [0.15, 0.2) is 12.7 Å². The molecular weight excluding hydrogens is 172 g/mol. The van der Waals surface area contributed by atoms with Crippen LogP contribution in [0.25, 0.3) is 0 Å². The maximum absolute atomic E-state index is 5.77. The van der Waals surface area contributed by atoms with Gasteiger partial charge in [0.2, 0.25) is 0 Å². The summed E-state index contributed by atoms with van der Waals surface area (Å²) < 4.78 is 5.77. The summed E-state index contributed by atoms with van der Waals surface area (Å²) >= 11 is 0. The lowest BCUT2D eigenvalue weighted by Crippen LogP contribution is -2.24. The van der Waals surface area contributed by atoms with E-state index in [1.807, 2.05) is 6.08 Å². The van der Waals surface area contributed by atoms with Crippen LogP contribution < -0.4 is 0 Å². The maximum atomic E-state index is 5.77. The van der Waals surface area contributed by atoms with E-state index in [0.29, 0.717) is 5.92 Å². The first-order valence-electron chi connectivity index (χ1n) is 5.78. The molecule has 0 rings (SSSR count). The van der Waals surface area contributed by atoms with Crippen LogP contribution in [0.5, 0.6) is 0 Å². The molecule has 14 heavy (non-hydrogen) atoms. The van der Waals surface area contributed by atoms with E-state index in [-0.39, 0.29) is 5.60 Å². The van der Waals surface area contributed by atoms with Crippen LogP contribution in [-0.2, 0) is 4.74 Å². The first-order chi connectivity index (χ1) is 6.52. The molecule has 1 nitrogen and oxygen atoms in total. The van der Waals surface area contributed by atoms with Crippen LogP contribution in [0.4, 0.5) is 0 Å². The zero-order chi connectivity index (χ0) is 11.0. The van der Waals surface area contributed by atoms with Gasteiger partial charge in [0, 0.05) is 6.61 Å². The number of rotatable bonds is 8. The van der Waals surface area contributed by atoms with Gasteiger partial charge in [0.25, 0.3) is 0 Å². The Morgan fingerprint density at radius 3 is 2.57 bits per heavy atom. The molecule has 0 amide bonds. The van der Waals surface area contributed by atoms with Crippen LogP contribution in [0.1, 0.15) is 53.4 Å². The van der Waals surface area contributed by atoms with E-state index < -0.39 is 0 Å². The third-order valence-corrected chi connectivity index (χ3v) is 2.54. The number of allylic oxidation sites excluding steroid dienone is 1. The molecule has 1 heteroatoms. The Hall–Kier alpha value is -0.300. The summed E-state index contributed by atoms with van der Waals surface area (Å²) in [6.07, 6.45) is 6.73. The first-order valence-corrected chi connectivity index (χ1v) is 5.78. The predicted octanol–water partition coefficient (Wildman–Crippen LogP) is 4.18. The molecule has 0 heterocycles. The van der Waals surface area contributed by atoms with E-state index in [1.54, 1.807) is 0 Å². The van der Waals surface area contributed by atoms with E-state index in [9.17, 15) is 0 Å². The first kappa shape index (κ1) is 13.7. The van der Waals surface area contributed by atoms with Crippen LogP contribution in [0.3, 0.4) is 0 Å². The fourth-order valence-electron chi connectivity index (χ4n) is 1.42. The van der Waals surface area contributed by atoms with Gasteiger partial charge in [-0.2, -0.15) is 0 Å². The van der Waals surface area contributed by atoms with Crippen molar-refractivity contribution >= 4 is 0 Å². The smallest absolute Gasteiger partial charge is 0.0626 e. The molecule has 84 valence electrons. The topological polar surface area (TPSA) is 9.23 Å².